The summed E-state index contributed by atoms with van der Waals surface area (Å²) in [6.07, 6.45) is 2.15. The number of halogens is 2. The maximum absolute atomic E-state index is 15.2. The lowest BCUT2D eigenvalue weighted by Crippen LogP contribution is -2.50. The highest BCUT2D eigenvalue weighted by Crippen LogP contribution is 2.36. The van der Waals surface area contributed by atoms with Crippen LogP contribution in [0.3, 0.4) is 0 Å². The molecule has 180 valence electrons. The quantitative estimate of drug-likeness (QED) is 0.589. The summed E-state index contributed by atoms with van der Waals surface area (Å²) in [5.41, 5.74) is -0.417. The number of hydrogen-bond donors (Lipinski definition) is 2. The first-order valence-corrected chi connectivity index (χ1v) is 11.6. The van der Waals surface area contributed by atoms with Crippen LogP contribution < -0.4 is 15.0 Å². The summed E-state index contributed by atoms with van der Waals surface area (Å²) in [5, 5.41) is 13.9. The molecule has 4 heterocycles. The molecule has 2 fully saturated rings. The molecule has 2 atom stereocenters. The van der Waals surface area contributed by atoms with Crippen molar-refractivity contribution in [2.45, 2.75) is 31.8 Å². The van der Waals surface area contributed by atoms with Crippen molar-refractivity contribution in [1.29, 1.82) is 0 Å². The number of fused-ring (bicyclic) bond motifs is 1. The molecule has 2 N–H and O–H groups in total. The number of nitrogens with one attached hydrogen (secondary N) is 1. The second-order valence-electron chi connectivity index (χ2n) is 8.99. The van der Waals surface area contributed by atoms with Gasteiger partial charge in [-0.2, -0.15) is 9.97 Å². The first-order valence-electron chi connectivity index (χ1n) is 11.6. The number of aromatic hydroxyl groups is 1. The fourth-order valence-corrected chi connectivity index (χ4v) is 4.72. The highest BCUT2D eigenvalue weighted by molar-refractivity contribution is 5.90. The first-order chi connectivity index (χ1) is 16.4. The lowest BCUT2D eigenvalue weighted by molar-refractivity contribution is 0.188. The van der Waals surface area contributed by atoms with Crippen LogP contribution in [0.2, 0.25) is 0 Å². The minimum atomic E-state index is -0.767. The molecule has 5 rings (SSSR count). The molecule has 0 spiro atoms. The number of ether oxygens (including phenoxy) is 1. The Hall–Kier alpha value is -3.11. The summed E-state index contributed by atoms with van der Waals surface area (Å²) < 4.78 is 35.7. The molecule has 2 aromatic heterocycles. The smallest absolute Gasteiger partial charge is 0.320 e. The van der Waals surface area contributed by atoms with Gasteiger partial charge in [0, 0.05) is 31.7 Å². The molecule has 2 aliphatic rings. The molecule has 2 aliphatic heterocycles. The zero-order valence-electron chi connectivity index (χ0n) is 19.3. The summed E-state index contributed by atoms with van der Waals surface area (Å²) in [4.78, 5) is 17.8. The Morgan fingerprint density at radius 1 is 1.18 bits per heavy atom. The Kier molecular flexibility index (Phi) is 6.18. The third-order valence-corrected chi connectivity index (χ3v) is 6.68. The van der Waals surface area contributed by atoms with Crippen molar-refractivity contribution in [3.63, 3.8) is 0 Å². The van der Waals surface area contributed by atoms with Gasteiger partial charge in [0.15, 0.2) is 11.5 Å². The number of benzene rings is 1. The van der Waals surface area contributed by atoms with Crippen LogP contribution in [-0.4, -0.2) is 76.9 Å². The minimum Gasteiger partial charge on any atom is -0.507 e. The van der Waals surface area contributed by atoms with Crippen molar-refractivity contribution in [1.82, 2.24) is 25.2 Å². The number of hydrogen-bond acceptors (Lipinski definition) is 8. The fraction of sp³-hybridized carbons (Fsp3) is 0.458. The van der Waals surface area contributed by atoms with E-state index < -0.39 is 17.4 Å². The van der Waals surface area contributed by atoms with E-state index in [1.165, 1.54) is 18.2 Å². The number of likely N-dealkylation sites (tertiary alicyclic amines) is 1. The van der Waals surface area contributed by atoms with Crippen LogP contribution in [0.15, 0.2) is 24.3 Å². The zero-order chi connectivity index (χ0) is 23.8. The Morgan fingerprint density at radius 3 is 2.76 bits per heavy atom. The lowest BCUT2D eigenvalue weighted by atomic mass is 10.1. The van der Waals surface area contributed by atoms with E-state index in [-0.39, 0.29) is 35.0 Å². The number of phenols is 1. The summed E-state index contributed by atoms with van der Waals surface area (Å²) >= 11 is 0. The number of pyridine rings is 1. The van der Waals surface area contributed by atoms with Gasteiger partial charge in [-0.05, 0) is 51.6 Å². The van der Waals surface area contributed by atoms with Crippen LogP contribution in [0.25, 0.3) is 22.3 Å². The van der Waals surface area contributed by atoms with Crippen LogP contribution >= 0.6 is 0 Å². The molecule has 0 saturated carbocycles. The van der Waals surface area contributed by atoms with Crippen LogP contribution in [0.4, 0.5) is 14.6 Å². The Morgan fingerprint density at radius 2 is 2.03 bits per heavy atom. The molecular formula is C24H28F2N6O2. The minimum absolute atomic E-state index is 0.110. The van der Waals surface area contributed by atoms with Crippen LogP contribution in [0.1, 0.15) is 19.8 Å². The number of rotatable bonds is 5. The van der Waals surface area contributed by atoms with Gasteiger partial charge >= 0.3 is 6.01 Å². The monoisotopic (exact) mass is 470 g/mol. The number of aromatic nitrogens is 3. The van der Waals surface area contributed by atoms with E-state index in [9.17, 15) is 9.50 Å². The third kappa shape index (κ3) is 4.23. The molecule has 0 unspecified atom stereocenters. The summed E-state index contributed by atoms with van der Waals surface area (Å²) in [7, 11) is 2.06. The van der Waals surface area contributed by atoms with E-state index in [2.05, 4.69) is 44.0 Å². The number of nitrogens with zero attached hydrogens (tertiary/aromatic N) is 5. The SMILES string of the molecule is C[C@@H]1CNCCN1c1nc(OC[C@@H]2CCCN2C)nc2nc(-c3c(O)cccc3F)c(F)cc12. The Balaban J connectivity index is 1.61. The van der Waals surface area contributed by atoms with E-state index in [1.807, 2.05) is 0 Å². The third-order valence-electron chi connectivity index (χ3n) is 6.68. The topological polar surface area (TPSA) is 86.6 Å². The van der Waals surface area contributed by atoms with E-state index in [4.69, 9.17) is 4.74 Å². The van der Waals surface area contributed by atoms with Crippen molar-refractivity contribution < 1.29 is 18.6 Å². The van der Waals surface area contributed by atoms with Crippen molar-refractivity contribution in [3.8, 4) is 23.0 Å². The highest BCUT2D eigenvalue weighted by Gasteiger charge is 2.27. The second kappa shape index (κ2) is 9.27. The average Bonchev–Trinajstić information content (AvgIpc) is 3.22. The largest absolute Gasteiger partial charge is 0.507 e. The zero-order valence-corrected chi connectivity index (χ0v) is 19.3. The van der Waals surface area contributed by atoms with Crippen molar-refractivity contribution >= 4 is 16.9 Å². The highest BCUT2D eigenvalue weighted by atomic mass is 19.1. The molecule has 8 nitrogen and oxygen atoms in total. The molecule has 34 heavy (non-hydrogen) atoms. The molecular weight excluding hydrogens is 442 g/mol. The standard InChI is InChI=1S/C24H28F2N6O2/c1-14-12-27-8-10-32(14)23-16-11-18(26)21(20-17(25)6-3-7-19(20)33)28-22(16)29-24(30-23)34-13-15-5-4-9-31(15)2/h3,6-7,11,14-15,27,33H,4-5,8-10,12-13H2,1-2H3/t14-,15+/m1/s1. The van der Waals surface area contributed by atoms with Gasteiger partial charge < -0.3 is 25.0 Å². The van der Waals surface area contributed by atoms with E-state index >= 15 is 4.39 Å². The summed E-state index contributed by atoms with van der Waals surface area (Å²) in [6, 6.07) is 5.60. The normalized spacial score (nSPS) is 21.4. The van der Waals surface area contributed by atoms with Crippen molar-refractivity contribution in [3.05, 3.63) is 35.9 Å². The lowest BCUT2D eigenvalue weighted by Gasteiger charge is -2.35. The Labute approximate surface area is 196 Å². The van der Waals surface area contributed by atoms with Crippen molar-refractivity contribution in [2.24, 2.45) is 0 Å². The predicted molar refractivity (Wildman–Crippen MR) is 125 cm³/mol. The summed E-state index contributed by atoms with van der Waals surface area (Å²) in [5.74, 6) is -1.39. The van der Waals surface area contributed by atoms with E-state index in [0.29, 0.717) is 24.4 Å². The molecule has 2 saturated heterocycles. The van der Waals surface area contributed by atoms with Gasteiger partial charge in [0.25, 0.3) is 0 Å². The molecule has 0 bridgehead atoms. The van der Waals surface area contributed by atoms with Crippen LogP contribution in [0.5, 0.6) is 11.8 Å². The van der Waals surface area contributed by atoms with Gasteiger partial charge in [0.1, 0.15) is 29.7 Å². The van der Waals surface area contributed by atoms with E-state index in [0.717, 1.165) is 38.5 Å². The second-order valence-corrected chi connectivity index (χ2v) is 8.99. The molecule has 1 aromatic carbocycles. The van der Waals surface area contributed by atoms with Crippen molar-refractivity contribution in [2.75, 3.05) is 44.7 Å². The molecule has 0 amide bonds. The molecule has 0 aliphatic carbocycles. The average molecular weight is 471 g/mol. The number of piperazine rings is 1. The Bertz CT molecular complexity index is 1190. The molecule has 3 aromatic rings. The molecule has 10 heteroatoms. The summed E-state index contributed by atoms with van der Waals surface area (Å²) in [6.45, 7) is 5.70. The number of anilines is 1. The van der Waals surface area contributed by atoms with E-state index in [1.54, 1.807) is 0 Å². The maximum Gasteiger partial charge on any atom is 0.320 e. The fourth-order valence-electron chi connectivity index (χ4n) is 4.72. The molecule has 0 radical (unpaired) electrons. The van der Waals surface area contributed by atoms with Crippen LogP contribution in [0, 0.1) is 11.6 Å². The van der Waals surface area contributed by atoms with Gasteiger partial charge in [-0.15, -0.1) is 0 Å². The first kappa shape index (κ1) is 22.7. The van der Waals surface area contributed by atoms with Gasteiger partial charge in [0.05, 0.1) is 10.9 Å². The number of likely N-dealkylation sites (N-methyl/N-ethyl adjacent to an activating group) is 1. The number of phenolic OH excluding ortho intramolecular Hbond substituents is 1. The van der Waals surface area contributed by atoms with Crippen LogP contribution in [-0.2, 0) is 0 Å². The van der Waals surface area contributed by atoms with Gasteiger partial charge in [-0.25, -0.2) is 13.8 Å². The predicted octanol–water partition coefficient (Wildman–Crippen LogP) is 2.95. The van der Waals surface area contributed by atoms with Gasteiger partial charge in [-0.1, -0.05) is 6.07 Å². The van der Waals surface area contributed by atoms with Gasteiger partial charge in [-0.3, -0.25) is 0 Å². The maximum atomic E-state index is 15.2. The van der Waals surface area contributed by atoms with Gasteiger partial charge in [0.2, 0.25) is 0 Å².